The Labute approximate surface area is 272 Å². The molecule has 0 unspecified atom stereocenters. The van der Waals surface area contributed by atoms with Gasteiger partial charge in [0.05, 0.1) is 34.5 Å². The molecule has 0 amide bonds. The molecule has 6 aromatic rings. The number of nitrogens with one attached hydrogen (secondary N) is 1. The molecule has 48 heavy (non-hydrogen) atoms. The highest BCUT2D eigenvalue weighted by atomic mass is 19.4. The first-order valence-corrected chi connectivity index (χ1v) is 15.2. The van der Waals surface area contributed by atoms with Crippen LogP contribution >= 0.6 is 0 Å². The van der Waals surface area contributed by atoms with E-state index in [2.05, 4.69) is 61.6 Å². The minimum atomic E-state index is -5.08. The number of likely N-dealkylation sites (tertiary alicyclic amines) is 1. The number of carbonyl (C=O) groups is 1. The summed E-state index contributed by atoms with van der Waals surface area (Å²) in [6.07, 6.45) is 2.43. The van der Waals surface area contributed by atoms with Gasteiger partial charge in [-0.3, -0.25) is 14.7 Å². The van der Waals surface area contributed by atoms with Gasteiger partial charge in [-0.05, 0) is 48.2 Å². The maximum atomic E-state index is 12.5. The van der Waals surface area contributed by atoms with E-state index in [1.165, 1.54) is 5.56 Å². The summed E-state index contributed by atoms with van der Waals surface area (Å²) in [6, 6.07) is 28.8. The zero-order chi connectivity index (χ0) is 33.7. The van der Waals surface area contributed by atoms with E-state index < -0.39 is 12.1 Å². The minimum Gasteiger partial charge on any atom is -0.475 e. The van der Waals surface area contributed by atoms with E-state index >= 15 is 0 Å². The van der Waals surface area contributed by atoms with Crippen LogP contribution in [0, 0.1) is 0 Å². The monoisotopic (exact) mass is 653 g/mol. The largest absolute Gasteiger partial charge is 0.490 e. The molecule has 0 radical (unpaired) electrons. The van der Waals surface area contributed by atoms with Gasteiger partial charge in [0.2, 0.25) is 0 Å². The molecule has 0 bridgehead atoms. The van der Waals surface area contributed by atoms with E-state index in [1.54, 1.807) is 12.4 Å². The summed E-state index contributed by atoms with van der Waals surface area (Å²) in [5, 5.41) is 16.5. The molecule has 0 spiro atoms. The molecule has 1 fully saturated rings. The first-order chi connectivity index (χ1) is 23.2. The molecular weight excluding hydrogens is 623 g/mol. The number of fused-ring (bicyclic) bond motifs is 1. The molecule has 1 saturated heterocycles. The van der Waals surface area contributed by atoms with E-state index in [4.69, 9.17) is 14.9 Å². The van der Waals surface area contributed by atoms with Gasteiger partial charge in [-0.2, -0.15) is 13.2 Å². The van der Waals surface area contributed by atoms with Gasteiger partial charge >= 0.3 is 12.1 Å². The van der Waals surface area contributed by atoms with Crippen LogP contribution in [0.25, 0.3) is 44.7 Å². The van der Waals surface area contributed by atoms with Crippen molar-refractivity contribution in [1.82, 2.24) is 34.8 Å². The first-order valence-electron chi connectivity index (χ1n) is 15.2. The van der Waals surface area contributed by atoms with Crippen molar-refractivity contribution in [3.63, 3.8) is 0 Å². The number of carboxylic acids is 1. The first kappa shape index (κ1) is 32.3. The molecule has 10 nitrogen and oxygen atoms in total. The lowest BCUT2D eigenvalue weighted by Crippen LogP contribution is -2.34. The van der Waals surface area contributed by atoms with Gasteiger partial charge in [0.25, 0.3) is 5.56 Å². The predicted octanol–water partition coefficient (Wildman–Crippen LogP) is 6.38. The molecule has 13 heteroatoms. The van der Waals surface area contributed by atoms with Crippen molar-refractivity contribution < 1.29 is 23.1 Å². The Bertz CT molecular complexity index is 2060. The number of rotatable bonds is 6. The van der Waals surface area contributed by atoms with Crippen molar-refractivity contribution >= 4 is 16.9 Å². The van der Waals surface area contributed by atoms with E-state index in [0.717, 1.165) is 66.2 Å². The predicted molar refractivity (Wildman–Crippen MR) is 174 cm³/mol. The molecule has 0 atom stereocenters. The Morgan fingerprint density at radius 1 is 0.917 bits per heavy atom. The molecule has 1 aliphatic heterocycles. The Balaban J connectivity index is 0.000000519. The maximum Gasteiger partial charge on any atom is 0.490 e. The third-order valence-electron chi connectivity index (χ3n) is 8.08. The van der Waals surface area contributed by atoms with E-state index in [1.807, 2.05) is 59.4 Å². The highest BCUT2D eigenvalue weighted by Gasteiger charge is 2.38. The van der Waals surface area contributed by atoms with Gasteiger partial charge in [-0.1, -0.05) is 65.9 Å². The Hall–Kier alpha value is -5.69. The number of hydrogen-bond donors (Lipinski definition) is 2. The number of nitrogens with zero attached hydrogens (tertiary/aromatic N) is 6. The number of alkyl halides is 3. The lowest BCUT2D eigenvalue weighted by atomic mass is 9.97. The smallest absolute Gasteiger partial charge is 0.475 e. The Morgan fingerprint density at radius 3 is 2.29 bits per heavy atom. The third kappa shape index (κ3) is 7.47. The number of benzene rings is 2. The van der Waals surface area contributed by atoms with Gasteiger partial charge in [0.1, 0.15) is 5.69 Å². The summed E-state index contributed by atoms with van der Waals surface area (Å²) in [5.74, 6) is -2.76. The van der Waals surface area contributed by atoms with Crippen LogP contribution in [0.15, 0.2) is 108 Å². The number of halogens is 3. The Morgan fingerprint density at radius 2 is 1.62 bits per heavy atom. The van der Waals surface area contributed by atoms with Crippen LogP contribution in [0.4, 0.5) is 13.2 Å². The molecule has 4 aromatic heterocycles. The van der Waals surface area contributed by atoms with Crippen LogP contribution in [-0.2, 0) is 11.3 Å². The lowest BCUT2D eigenvalue weighted by molar-refractivity contribution is -0.192. The second kappa shape index (κ2) is 14.0. The number of aromatic nitrogens is 6. The second-order valence-electron chi connectivity index (χ2n) is 11.3. The molecule has 5 heterocycles. The van der Waals surface area contributed by atoms with Crippen LogP contribution in [0.3, 0.4) is 0 Å². The normalized spacial score (nSPS) is 14.0. The van der Waals surface area contributed by atoms with Crippen molar-refractivity contribution in [1.29, 1.82) is 0 Å². The minimum absolute atomic E-state index is 0.129. The second-order valence-corrected chi connectivity index (χ2v) is 11.3. The molecule has 1 aliphatic rings. The molecule has 2 aromatic carbocycles. The fraction of sp³-hybridized carbons (Fsp3) is 0.200. The average molecular weight is 654 g/mol. The van der Waals surface area contributed by atoms with Gasteiger partial charge in [-0.25, -0.2) is 14.5 Å². The highest BCUT2D eigenvalue weighted by Crippen LogP contribution is 2.33. The van der Waals surface area contributed by atoms with Crippen LogP contribution in [0.2, 0.25) is 0 Å². The van der Waals surface area contributed by atoms with Crippen molar-refractivity contribution in [2.24, 2.45) is 0 Å². The molecular formula is C35H30F3N7O3. The topological polar surface area (TPSA) is 130 Å². The number of pyridine rings is 3. The van der Waals surface area contributed by atoms with Crippen LogP contribution in [0.5, 0.6) is 0 Å². The molecule has 0 aliphatic carbocycles. The van der Waals surface area contributed by atoms with Crippen molar-refractivity contribution in [2.75, 3.05) is 13.1 Å². The van der Waals surface area contributed by atoms with Crippen LogP contribution in [0.1, 0.15) is 24.4 Å². The van der Waals surface area contributed by atoms with Crippen molar-refractivity contribution in [3.8, 4) is 33.8 Å². The van der Waals surface area contributed by atoms with Gasteiger partial charge < -0.3 is 10.1 Å². The maximum absolute atomic E-state index is 12.5. The third-order valence-corrected chi connectivity index (χ3v) is 8.08. The van der Waals surface area contributed by atoms with Crippen molar-refractivity contribution in [2.45, 2.75) is 31.6 Å². The van der Waals surface area contributed by atoms with Crippen LogP contribution in [-0.4, -0.2) is 65.2 Å². The molecule has 2 N–H and O–H groups in total. The standard InChI is InChI=1S/C33H29N7O.C2HF3O2/c41-33-28-20-27(24-6-2-1-3-7-24)32(36-29(28)13-17-35-33)25-11-9-23(10-12-25)21-39-18-14-26(15-19-39)40-22-31(37-38-40)30-8-4-5-16-34-30;3-2(4,5)1(6)7/h1-13,16-17,20,22,26H,14-15,18-19,21H2,(H,35,41);(H,6,7). The van der Waals surface area contributed by atoms with E-state index in [-0.39, 0.29) is 5.56 Å². The van der Waals surface area contributed by atoms with Crippen molar-refractivity contribution in [3.05, 3.63) is 119 Å². The summed E-state index contributed by atoms with van der Waals surface area (Å²) >= 11 is 0. The molecule has 7 rings (SSSR count). The number of carboxylic acid groups (broad SMARTS) is 1. The summed E-state index contributed by atoms with van der Waals surface area (Å²) in [4.78, 5) is 36.0. The molecule has 0 saturated carbocycles. The van der Waals surface area contributed by atoms with Crippen LogP contribution < -0.4 is 5.56 Å². The summed E-state index contributed by atoms with van der Waals surface area (Å²) < 4.78 is 33.7. The zero-order valence-electron chi connectivity index (χ0n) is 25.5. The highest BCUT2D eigenvalue weighted by molar-refractivity contribution is 5.91. The number of hydrogen-bond acceptors (Lipinski definition) is 7. The van der Waals surface area contributed by atoms with E-state index in [0.29, 0.717) is 16.9 Å². The quantitative estimate of drug-likeness (QED) is 0.212. The summed E-state index contributed by atoms with van der Waals surface area (Å²) in [5.41, 5.74) is 7.38. The Kier molecular flexibility index (Phi) is 9.39. The SMILES string of the molecule is O=C(O)C(F)(F)F.O=c1[nH]ccc2nc(-c3ccc(CN4CCC(n5cc(-c6ccccn6)nn5)CC4)cc3)c(-c3ccccc3)cc12. The summed E-state index contributed by atoms with van der Waals surface area (Å²) in [6.45, 7) is 2.91. The van der Waals surface area contributed by atoms with E-state index in [9.17, 15) is 18.0 Å². The molecule has 244 valence electrons. The van der Waals surface area contributed by atoms with Gasteiger partial charge in [-0.15, -0.1) is 5.10 Å². The summed E-state index contributed by atoms with van der Waals surface area (Å²) in [7, 11) is 0. The lowest BCUT2D eigenvalue weighted by Gasteiger charge is -2.31. The average Bonchev–Trinajstić information content (AvgIpc) is 3.60. The number of H-pyrrole nitrogens is 1. The number of piperidine rings is 1. The number of aromatic amines is 1. The van der Waals surface area contributed by atoms with Gasteiger partial charge in [0.15, 0.2) is 0 Å². The fourth-order valence-corrected chi connectivity index (χ4v) is 5.62. The number of aliphatic carboxylic acids is 1. The fourth-order valence-electron chi connectivity index (χ4n) is 5.62. The van der Waals surface area contributed by atoms with Gasteiger partial charge in [0, 0.05) is 43.2 Å². The zero-order valence-corrected chi connectivity index (χ0v) is 25.5.